The predicted molar refractivity (Wildman–Crippen MR) is 100 cm³/mol. The van der Waals surface area contributed by atoms with Gasteiger partial charge in [-0.25, -0.2) is 4.98 Å². The number of anilines is 2. The lowest BCUT2D eigenvalue weighted by Gasteiger charge is -2.23. The number of nitrogens with zero attached hydrogens (tertiary/aromatic N) is 1. The average Bonchev–Trinajstić information content (AvgIpc) is 2.65. The van der Waals surface area contributed by atoms with Gasteiger partial charge in [-0.2, -0.15) is 0 Å². The quantitative estimate of drug-likeness (QED) is 0.814. The average molecular weight is 339 g/mol. The van der Waals surface area contributed by atoms with Crippen molar-refractivity contribution < 1.29 is 9.53 Å². The van der Waals surface area contributed by atoms with Crippen LogP contribution in [0.5, 0.6) is 5.75 Å². The van der Waals surface area contributed by atoms with E-state index in [-0.39, 0.29) is 5.91 Å². The first-order valence-corrected chi connectivity index (χ1v) is 9.01. The van der Waals surface area contributed by atoms with Crippen LogP contribution in [0.25, 0.3) is 0 Å². The smallest absolute Gasteiger partial charge is 0.274 e. The number of ether oxygens (including phenoxy) is 1. The van der Waals surface area contributed by atoms with Gasteiger partial charge < -0.3 is 15.4 Å². The number of amides is 1. The van der Waals surface area contributed by atoms with Crippen molar-refractivity contribution in [3.63, 3.8) is 0 Å². The van der Waals surface area contributed by atoms with E-state index in [4.69, 9.17) is 4.74 Å². The van der Waals surface area contributed by atoms with Crippen LogP contribution in [-0.2, 0) is 0 Å². The molecule has 1 aromatic heterocycles. The van der Waals surface area contributed by atoms with E-state index in [1.807, 2.05) is 37.3 Å². The second-order valence-corrected chi connectivity index (χ2v) is 6.32. The summed E-state index contributed by atoms with van der Waals surface area (Å²) in [5.41, 5.74) is 2.10. The van der Waals surface area contributed by atoms with E-state index in [9.17, 15) is 4.79 Å². The molecule has 0 saturated heterocycles. The highest BCUT2D eigenvalue weighted by Crippen LogP contribution is 2.21. The standard InChI is InChI=1S/C20H25N3O2/c1-2-25-18-11-8-16(9-12-18)23-20(24)19-13-10-17(14-21-19)22-15-6-4-3-5-7-15/h8-15,22H,2-7H2,1H3,(H,23,24). The molecule has 1 aliphatic rings. The zero-order valence-electron chi connectivity index (χ0n) is 14.6. The molecule has 1 aromatic carbocycles. The lowest BCUT2D eigenvalue weighted by molar-refractivity contribution is 0.102. The Hall–Kier alpha value is -2.56. The fraction of sp³-hybridized carbons (Fsp3) is 0.400. The number of carbonyl (C=O) groups excluding carboxylic acids is 1. The molecule has 5 nitrogen and oxygen atoms in total. The van der Waals surface area contributed by atoms with Gasteiger partial charge in [-0.05, 0) is 56.2 Å². The third kappa shape index (κ3) is 4.95. The zero-order chi connectivity index (χ0) is 17.5. The van der Waals surface area contributed by atoms with Crippen molar-refractivity contribution in [2.45, 2.75) is 45.1 Å². The molecular weight excluding hydrogens is 314 g/mol. The molecule has 1 saturated carbocycles. The Kier molecular flexibility index (Phi) is 5.88. The van der Waals surface area contributed by atoms with Gasteiger partial charge in [-0.1, -0.05) is 19.3 Å². The molecule has 0 atom stereocenters. The molecular formula is C20H25N3O2. The number of rotatable bonds is 6. The molecule has 5 heteroatoms. The van der Waals surface area contributed by atoms with Gasteiger partial charge in [-0.3, -0.25) is 4.79 Å². The maximum Gasteiger partial charge on any atom is 0.274 e. The second-order valence-electron chi connectivity index (χ2n) is 6.32. The Morgan fingerprint density at radius 3 is 2.44 bits per heavy atom. The number of pyridine rings is 1. The first-order valence-electron chi connectivity index (χ1n) is 9.01. The first kappa shape index (κ1) is 17.3. The lowest BCUT2D eigenvalue weighted by atomic mass is 9.95. The number of hydrogen-bond acceptors (Lipinski definition) is 4. The van der Waals surface area contributed by atoms with Gasteiger partial charge in [0.05, 0.1) is 18.5 Å². The van der Waals surface area contributed by atoms with Crippen LogP contribution in [0.4, 0.5) is 11.4 Å². The summed E-state index contributed by atoms with van der Waals surface area (Å²) in [7, 11) is 0. The molecule has 132 valence electrons. The highest BCUT2D eigenvalue weighted by Gasteiger charge is 2.13. The molecule has 1 fully saturated rings. The topological polar surface area (TPSA) is 63.2 Å². The maximum absolute atomic E-state index is 12.3. The van der Waals surface area contributed by atoms with E-state index >= 15 is 0 Å². The van der Waals surface area contributed by atoms with Gasteiger partial charge in [0.2, 0.25) is 0 Å². The molecule has 3 rings (SSSR count). The summed E-state index contributed by atoms with van der Waals surface area (Å²) in [6.07, 6.45) is 8.06. The van der Waals surface area contributed by atoms with Gasteiger partial charge in [0.25, 0.3) is 5.91 Å². The second kappa shape index (κ2) is 8.51. The van der Waals surface area contributed by atoms with Crippen molar-refractivity contribution in [1.29, 1.82) is 0 Å². The van der Waals surface area contributed by atoms with Crippen molar-refractivity contribution in [1.82, 2.24) is 4.98 Å². The minimum absolute atomic E-state index is 0.214. The number of benzene rings is 1. The Morgan fingerprint density at radius 1 is 1.08 bits per heavy atom. The molecule has 0 unspecified atom stereocenters. The molecule has 0 spiro atoms. The summed E-state index contributed by atoms with van der Waals surface area (Å²) >= 11 is 0. The van der Waals surface area contributed by atoms with Gasteiger partial charge in [0, 0.05) is 11.7 Å². The summed E-state index contributed by atoms with van der Waals surface area (Å²) in [4.78, 5) is 16.6. The van der Waals surface area contributed by atoms with Crippen LogP contribution < -0.4 is 15.4 Å². The van der Waals surface area contributed by atoms with E-state index in [2.05, 4.69) is 15.6 Å². The third-order valence-corrected chi connectivity index (χ3v) is 4.40. The fourth-order valence-corrected chi connectivity index (χ4v) is 3.09. The minimum Gasteiger partial charge on any atom is -0.494 e. The first-order chi connectivity index (χ1) is 12.2. The van der Waals surface area contributed by atoms with Crippen molar-refractivity contribution >= 4 is 17.3 Å². The van der Waals surface area contributed by atoms with Crippen molar-refractivity contribution in [2.75, 3.05) is 17.2 Å². The van der Waals surface area contributed by atoms with Gasteiger partial charge in [0.1, 0.15) is 11.4 Å². The molecule has 0 aliphatic heterocycles. The van der Waals surface area contributed by atoms with Crippen LogP contribution in [0.15, 0.2) is 42.6 Å². The molecule has 2 N–H and O–H groups in total. The van der Waals surface area contributed by atoms with Crippen LogP contribution in [0, 0.1) is 0 Å². The highest BCUT2D eigenvalue weighted by atomic mass is 16.5. The van der Waals surface area contributed by atoms with E-state index in [0.29, 0.717) is 18.3 Å². The van der Waals surface area contributed by atoms with E-state index in [0.717, 1.165) is 17.1 Å². The molecule has 0 bridgehead atoms. The highest BCUT2D eigenvalue weighted by molar-refractivity contribution is 6.02. The van der Waals surface area contributed by atoms with E-state index in [1.54, 1.807) is 12.3 Å². The Balaban J connectivity index is 1.56. The summed E-state index contributed by atoms with van der Waals surface area (Å²) in [6, 6.07) is 11.5. The Bertz CT molecular complexity index is 677. The molecule has 25 heavy (non-hydrogen) atoms. The van der Waals surface area contributed by atoms with Crippen LogP contribution in [0.1, 0.15) is 49.5 Å². The molecule has 2 aromatic rings. The van der Waals surface area contributed by atoms with E-state index in [1.165, 1.54) is 32.1 Å². The zero-order valence-corrected chi connectivity index (χ0v) is 14.6. The van der Waals surface area contributed by atoms with Crippen molar-refractivity contribution in [3.8, 4) is 5.75 Å². The Labute approximate surface area is 148 Å². The van der Waals surface area contributed by atoms with Crippen LogP contribution in [-0.4, -0.2) is 23.5 Å². The summed E-state index contributed by atoms with van der Waals surface area (Å²) < 4.78 is 5.39. The minimum atomic E-state index is -0.214. The number of hydrogen-bond donors (Lipinski definition) is 2. The molecule has 1 aliphatic carbocycles. The van der Waals surface area contributed by atoms with Gasteiger partial charge in [-0.15, -0.1) is 0 Å². The van der Waals surface area contributed by atoms with Crippen LogP contribution in [0.3, 0.4) is 0 Å². The van der Waals surface area contributed by atoms with Crippen molar-refractivity contribution in [3.05, 3.63) is 48.3 Å². The fourth-order valence-electron chi connectivity index (χ4n) is 3.09. The van der Waals surface area contributed by atoms with Crippen LogP contribution in [0.2, 0.25) is 0 Å². The van der Waals surface area contributed by atoms with Crippen LogP contribution >= 0.6 is 0 Å². The number of nitrogens with one attached hydrogen (secondary N) is 2. The molecule has 0 radical (unpaired) electrons. The number of carbonyl (C=O) groups is 1. The van der Waals surface area contributed by atoms with Gasteiger partial charge in [0.15, 0.2) is 0 Å². The van der Waals surface area contributed by atoms with E-state index < -0.39 is 0 Å². The molecule has 1 amide bonds. The Morgan fingerprint density at radius 2 is 1.80 bits per heavy atom. The predicted octanol–water partition coefficient (Wildman–Crippen LogP) is 4.48. The largest absolute Gasteiger partial charge is 0.494 e. The van der Waals surface area contributed by atoms with Gasteiger partial charge >= 0.3 is 0 Å². The normalized spacial score (nSPS) is 14.8. The summed E-state index contributed by atoms with van der Waals surface area (Å²) in [5.74, 6) is 0.574. The van der Waals surface area contributed by atoms with Crippen molar-refractivity contribution in [2.24, 2.45) is 0 Å². The summed E-state index contributed by atoms with van der Waals surface area (Å²) in [6.45, 7) is 2.56. The summed E-state index contributed by atoms with van der Waals surface area (Å²) in [5, 5.41) is 6.36. The SMILES string of the molecule is CCOc1ccc(NC(=O)c2ccc(NC3CCCCC3)cn2)cc1. The monoisotopic (exact) mass is 339 g/mol. The lowest BCUT2D eigenvalue weighted by Crippen LogP contribution is -2.22. The molecule has 1 heterocycles. The third-order valence-electron chi connectivity index (χ3n) is 4.40. The maximum atomic E-state index is 12.3. The number of aromatic nitrogens is 1.